The zero-order valence-corrected chi connectivity index (χ0v) is 11.5. The number of para-hydroxylation sites is 1. The number of rotatable bonds is 5. The van der Waals surface area contributed by atoms with Gasteiger partial charge >= 0.3 is 0 Å². The molecule has 1 aromatic heterocycles. The fourth-order valence-electron chi connectivity index (χ4n) is 1.72. The van der Waals surface area contributed by atoms with E-state index in [0.29, 0.717) is 10.9 Å². The molecule has 18 heavy (non-hydrogen) atoms. The van der Waals surface area contributed by atoms with Crippen molar-refractivity contribution in [2.45, 2.75) is 20.3 Å². The van der Waals surface area contributed by atoms with E-state index < -0.39 is 0 Å². The van der Waals surface area contributed by atoms with E-state index in [9.17, 15) is 0 Å². The molecule has 0 fully saturated rings. The smallest absolute Gasteiger partial charge is 0.106 e. The largest absolute Gasteiger partial charge is 0.383 e. The Morgan fingerprint density at radius 2 is 2.22 bits per heavy atom. The summed E-state index contributed by atoms with van der Waals surface area (Å²) in [4.78, 5) is 0. The number of halogens is 1. The van der Waals surface area contributed by atoms with Crippen LogP contribution in [0.15, 0.2) is 36.7 Å². The minimum atomic E-state index is 0.634. The second-order valence-electron chi connectivity index (χ2n) is 4.48. The second-order valence-corrected chi connectivity index (χ2v) is 4.89. The normalized spacial score (nSPS) is 12.4. The molecule has 1 unspecified atom stereocenters. The number of anilines is 1. The highest BCUT2D eigenvalue weighted by atomic mass is 35.5. The molecule has 1 heterocycles. The van der Waals surface area contributed by atoms with Crippen molar-refractivity contribution in [3.05, 3.63) is 41.7 Å². The highest BCUT2D eigenvalue weighted by molar-refractivity contribution is 6.33. The molecule has 0 spiro atoms. The van der Waals surface area contributed by atoms with Crippen molar-refractivity contribution in [3.8, 4) is 5.69 Å². The summed E-state index contributed by atoms with van der Waals surface area (Å²) in [5.41, 5.74) is 1.93. The van der Waals surface area contributed by atoms with Gasteiger partial charge in [-0.05, 0) is 24.1 Å². The molecule has 1 aromatic carbocycles. The van der Waals surface area contributed by atoms with Gasteiger partial charge in [-0.2, -0.15) is 5.10 Å². The van der Waals surface area contributed by atoms with Gasteiger partial charge in [0, 0.05) is 18.9 Å². The van der Waals surface area contributed by atoms with E-state index in [2.05, 4.69) is 24.3 Å². The number of hydrogen-bond donors (Lipinski definition) is 1. The molecular formula is C14H18ClN3. The van der Waals surface area contributed by atoms with Gasteiger partial charge in [0.2, 0.25) is 0 Å². The fourth-order valence-corrected chi connectivity index (χ4v) is 1.98. The minimum absolute atomic E-state index is 0.634. The zero-order chi connectivity index (χ0) is 13.0. The number of benzene rings is 1. The monoisotopic (exact) mass is 263 g/mol. The maximum atomic E-state index is 6.27. The Balaban J connectivity index is 2.27. The van der Waals surface area contributed by atoms with Crippen molar-refractivity contribution in [1.82, 2.24) is 9.78 Å². The molecule has 0 amide bonds. The standard InChI is InChI=1S/C14H18ClN3/c1-3-11(2)10-16-13-7-4-6-12(15)14(13)18-9-5-8-17-18/h4-9,11,16H,3,10H2,1-2H3. The SMILES string of the molecule is CCC(C)CNc1cccc(Cl)c1-n1cccn1. The van der Waals surface area contributed by atoms with Crippen molar-refractivity contribution in [2.75, 3.05) is 11.9 Å². The summed E-state index contributed by atoms with van der Waals surface area (Å²) in [5.74, 6) is 0.634. The van der Waals surface area contributed by atoms with Gasteiger partial charge < -0.3 is 5.32 Å². The third-order valence-corrected chi connectivity index (χ3v) is 3.36. The van der Waals surface area contributed by atoms with E-state index in [1.54, 1.807) is 10.9 Å². The van der Waals surface area contributed by atoms with Crippen molar-refractivity contribution in [1.29, 1.82) is 0 Å². The molecule has 3 nitrogen and oxygen atoms in total. The Hall–Kier alpha value is -1.48. The van der Waals surface area contributed by atoms with Crippen LogP contribution in [0.3, 0.4) is 0 Å². The van der Waals surface area contributed by atoms with Crippen LogP contribution < -0.4 is 5.32 Å². The van der Waals surface area contributed by atoms with E-state index in [1.807, 2.05) is 30.5 Å². The van der Waals surface area contributed by atoms with Crippen LogP contribution in [-0.2, 0) is 0 Å². The van der Waals surface area contributed by atoms with Crippen molar-refractivity contribution < 1.29 is 0 Å². The average Bonchev–Trinajstić information content (AvgIpc) is 2.89. The molecule has 1 atom stereocenters. The number of nitrogens with one attached hydrogen (secondary N) is 1. The summed E-state index contributed by atoms with van der Waals surface area (Å²) in [6, 6.07) is 7.76. The molecule has 1 N–H and O–H groups in total. The molecule has 2 rings (SSSR count). The summed E-state index contributed by atoms with van der Waals surface area (Å²) in [5, 5.41) is 8.40. The predicted molar refractivity (Wildman–Crippen MR) is 76.5 cm³/mol. The molecule has 0 saturated carbocycles. The lowest BCUT2D eigenvalue weighted by molar-refractivity contribution is 0.593. The van der Waals surface area contributed by atoms with Gasteiger partial charge in [0.05, 0.1) is 10.7 Å². The first-order valence-corrected chi connectivity index (χ1v) is 6.62. The van der Waals surface area contributed by atoms with E-state index >= 15 is 0 Å². The maximum absolute atomic E-state index is 6.27. The second kappa shape index (κ2) is 5.91. The van der Waals surface area contributed by atoms with Gasteiger partial charge in [-0.1, -0.05) is 37.9 Å². The van der Waals surface area contributed by atoms with E-state index in [-0.39, 0.29) is 0 Å². The van der Waals surface area contributed by atoms with Crippen molar-refractivity contribution in [3.63, 3.8) is 0 Å². The Morgan fingerprint density at radius 1 is 1.39 bits per heavy atom. The summed E-state index contributed by atoms with van der Waals surface area (Å²) in [7, 11) is 0. The maximum Gasteiger partial charge on any atom is 0.106 e. The van der Waals surface area contributed by atoms with Crippen LogP contribution in [0.25, 0.3) is 5.69 Å². The molecule has 2 aromatic rings. The lowest BCUT2D eigenvalue weighted by atomic mass is 10.1. The van der Waals surface area contributed by atoms with Crippen LogP contribution >= 0.6 is 11.6 Å². The third-order valence-electron chi connectivity index (χ3n) is 3.06. The summed E-state index contributed by atoms with van der Waals surface area (Å²) >= 11 is 6.27. The van der Waals surface area contributed by atoms with E-state index in [0.717, 1.165) is 24.3 Å². The van der Waals surface area contributed by atoms with Crippen LogP contribution in [-0.4, -0.2) is 16.3 Å². The molecule has 0 bridgehead atoms. The van der Waals surface area contributed by atoms with Crippen LogP contribution in [0, 0.1) is 5.92 Å². The number of nitrogens with zero attached hydrogens (tertiary/aromatic N) is 2. The number of hydrogen-bond acceptors (Lipinski definition) is 2. The lowest BCUT2D eigenvalue weighted by Crippen LogP contribution is -2.12. The molecule has 4 heteroatoms. The van der Waals surface area contributed by atoms with Crippen LogP contribution in [0.4, 0.5) is 5.69 Å². The summed E-state index contributed by atoms with van der Waals surface area (Å²) < 4.78 is 1.79. The average molecular weight is 264 g/mol. The minimum Gasteiger partial charge on any atom is -0.383 e. The molecule has 0 aliphatic rings. The van der Waals surface area contributed by atoms with Crippen LogP contribution in [0.5, 0.6) is 0 Å². The Kier molecular flexibility index (Phi) is 4.26. The fraction of sp³-hybridized carbons (Fsp3) is 0.357. The highest BCUT2D eigenvalue weighted by Crippen LogP contribution is 2.28. The van der Waals surface area contributed by atoms with Crippen molar-refractivity contribution in [2.24, 2.45) is 5.92 Å². The molecule has 96 valence electrons. The predicted octanol–water partition coefficient (Wildman–Crippen LogP) is 3.98. The first-order chi connectivity index (χ1) is 8.72. The molecule has 0 aliphatic carbocycles. The van der Waals surface area contributed by atoms with E-state index in [1.165, 1.54) is 0 Å². The van der Waals surface area contributed by atoms with Crippen LogP contribution in [0.1, 0.15) is 20.3 Å². The summed E-state index contributed by atoms with van der Waals surface area (Å²) in [6.07, 6.45) is 4.81. The quantitative estimate of drug-likeness (QED) is 0.884. The Morgan fingerprint density at radius 3 is 2.89 bits per heavy atom. The van der Waals surface area contributed by atoms with Gasteiger partial charge in [0.1, 0.15) is 5.69 Å². The molecule has 0 saturated heterocycles. The Bertz CT molecular complexity index is 494. The lowest BCUT2D eigenvalue weighted by Gasteiger charge is -2.16. The first-order valence-electron chi connectivity index (χ1n) is 6.24. The highest BCUT2D eigenvalue weighted by Gasteiger charge is 2.09. The van der Waals surface area contributed by atoms with Gasteiger partial charge in [0.15, 0.2) is 0 Å². The zero-order valence-electron chi connectivity index (χ0n) is 10.7. The van der Waals surface area contributed by atoms with E-state index in [4.69, 9.17) is 11.6 Å². The molecule has 0 aliphatic heterocycles. The van der Waals surface area contributed by atoms with Gasteiger partial charge in [0.25, 0.3) is 0 Å². The molecule has 0 radical (unpaired) electrons. The van der Waals surface area contributed by atoms with Gasteiger partial charge in [-0.15, -0.1) is 0 Å². The first kappa shape index (κ1) is 13.0. The number of aromatic nitrogens is 2. The molecular weight excluding hydrogens is 246 g/mol. The summed E-state index contributed by atoms with van der Waals surface area (Å²) in [6.45, 7) is 5.36. The topological polar surface area (TPSA) is 29.9 Å². The third kappa shape index (κ3) is 2.85. The Labute approximate surface area is 113 Å². The van der Waals surface area contributed by atoms with Gasteiger partial charge in [-0.3, -0.25) is 0 Å². The van der Waals surface area contributed by atoms with Crippen LogP contribution in [0.2, 0.25) is 5.02 Å². The van der Waals surface area contributed by atoms with Gasteiger partial charge in [-0.25, -0.2) is 4.68 Å². The van der Waals surface area contributed by atoms with Crippen molar-refractivity contribution >= 4 is 17.3 Å².